The summed E-state index contributed by atoms with van der Waals surface area (Å²) in [6.45, 7) is 5.25. The molecule has 2 rings (SSSR count). The predicted molar refractivity (Wildman–Crippen MR) is 93.4 cm³/mol. The van der Waals surface area contributed by atoms with Crippen LogP contribution >= 0.6 is 21.6 Å². The third-order valence-electron chi connectivity index (χ3n) is 3.24. The normalized spacial score (nSPS) is 13.6. The standard InChI is InChI=1S/C14H20N6O2S2/c1-11(13-9-19(17-15-13)5-3-7-21)23-24-12(2)14-10-20(18-16-14)6-4-8-22/h7-12H,3-6H2,1-2H3. The minimum absolute atomic E-state index is 0.174. The van der Waals surface area contributed by atoms with E-state index >= 15 is 0 Å². The van der Waals surface area contributed by atoms with Gasteiger partial charge in [-0.2, -0.15) is 0 Å². The Labute approximate surface area is 148 Å². The van der Waals surface area contributed by atoms with E-state index in [-0.39, 0.29) is 10.5 Å². The van der Waals surface area contributed by atoms with E-state index in [1.807, 2.05) is 12.4 Å². The van der Waals surface area contributed by atoms with Crippen molar-refractivity contribution < 1.29 is 9.59 Å². The van der Waals surface area contributed by atoms with Crippen LogP contribution in [-0.2, 0) is 22.7 Å². The smallest absolute Gasteiger partial charge is 0.121 e. The SMILES string of the molecule is CC(SSC(C)c1cn(CCC=O)nn1)c1cn(CCC=O)nn1. The third kappa shape index (κ3) is 5.45. The van der Waals surface area contributed by atoms with Gasteiger partial charge in [0.05, 0.1) is 21.9 Å². The lowest BCUT2D eigenvalue weighted by Crippen LogP contribution is -1.98. The van der Waals surface area contributed by atoms with Gasteiger partial charge in [0.1, 0.15) is 12.6 Å². The molecule has 8 nitrogen and oxygen atoms in total. The Hall–Kier alpha value is -1.68. The van der Waals surface area contributed by atoms with E-state index < -0.39 is 0 Å². The van der Waals surface area contributed by atoms with Crippen molar-refractivity contribution in [2.24, 2.45) is 0 Å². The molecule has 0 N–H and O–H groups in total. The molecule has 0 radical (unpaired) electrons. The average molecular weight is 368 g/mol. The van der Waals surface area contributed by atoms with Gasteiger partial charge in [-0.25, -0.2) is 0 Å². The summed E-state index contributed by atoms with van der Waals surface area (Å²) in [5, 5.41) is 16.7. The van der Waals surface area contributed by atoms with Crippen LogP contribution in [0, 0.1) is 0 Å². The molecule has 0 aliphatic rings. The zero-order valence-electron chi connectivity index (χ0n) is 13.6. The second kappa shape index (κ2) is 9.58. The van der Waals surface area contributed by atoms with Gasteiger partial charge in [-0.1, -0.05) is 32.0 Å². The first-order valence-electron chi connectivity index (χ1n) is 7.63. The van der Waals surface area contributed by atoms with Crippen molar-refractivity contribution in [1.29, 1.82) is 0 Å². The maximum atomic E-state index is 10.4. The maximum absolute atomic E-state index is 10.4. The number of aromatic nitrogens is 6. The van der Waals surface area contributed by atoms with Crippen LogP contribution in [0.15, 0.2) is 12.4 Å². The van der Waals surface area contributed by atoms with Crippen LogP contribution in [0.2, 0.25) is 0 Å². The summed E-state index contributed by atoms with van der Waals surface area (Å²) in [4.78, 5) is 20.8. The predicted octanol–water partition coefficient (Wildman–Crippen LogP) is 2.25. The molecule has 0 amide bonds. The zero-order valence-corrected chi connectivity index (χ0v) is 15.2. The number of hydrogen-bond acceptors (Lipinski definition) is 8. The van der Waals surface area contributed by atoms with Crippen LogP contribution in [0.4, 0.5) is 0 Å². The Kier molecular flexibility index (Phi) is 7.44. The lowest BCUT2D eigenvalue weighted by Gasteiger charge is -2.10. The van der Waals surface area contributed by atoms with Crippen molar-refractivity contribution in [3.8, 4) is 0 Å². The number of carbonyl (C=O) groups is 2. The van der Waals surface area contributed by atoms with Gasteiger partial charge in [0.25, 0.3) is 0 Å². The zero-order chi connectivity index (χ0) is 17.4. The van der Waals surface area contributed by atoms with Crippen molar-refractivity contribution in [2.45, 2.75) is 50.3 Å². The van der Waals surface area contributed by atoms with Crippen molar-refractivity contribution in [1.82, 2.24) is 30.0 Å². The Morgan fingerprint density at radius 2 is 1.33 bits per heavy atom. The first kappa shape index (κ1) is 18.7. The van der Waals surface area contributed by atoms with E-state index in [0.29, 0.717) is 25.9 Å². The van der Waals surface area contributed by atoms with E-state index in [9.17, 15) is 9.59 Å². The van der Waals surface area contributed by atoms with E-state index in [1.54, 1.807) is 31.0 Å². The molecule has 0 aliphatic heterocycles. The summed E-state index contributed by atoms with van der Waals surface area (Å²) in [5.41, 5.74) is 1.78. The van der Waals surface area contributed by atoms with Gasteiger partial charge in [0, 0.05) is 38.3 Å². The summed E-state index contributed by atoms with van der Waals surface area (Å²) >= 11 is 0. The minimum Gasteiger partial charge on any atom is -0.303 e. The second-order valence-corrected chi connectivity index (χ2v) is 8.15. The van der Waals surface area contributed by atoms with Crippen LogP contribution in [0.1, 0.15) is 48.6 Å². The van der Waals surface area contributed by atoms with Crippen molar-refractivity contribution in [3.05, 3.63) is 23.8 Å². The summed E-state index contributed by atoms with van der Waals surface area (Å²) in [5.74, 6) is 0. The van der Waals surface area contributed by atoms with Gasteiger partial charge in [0.15, 0.2) is 0 Å². The molecule has 10 heteroatoms. The number of aryl methyl sites for hydroxylation is 2. The third-order valence-corrected chi connectivity index (χ3v) is 6.48. The molecule has 130 valence electrons. The molecule has 2 heterocycles. The fourth-order valence-corrected chi connectivity index (χ4v) is 4.19. The number of nitrogens with zero attached hydrogens (tertiary/aromatic N) is 6. The first-order valence-corrected chi connectivity index (χ1v) is 9.91. The Morgan fingerprint density at radius 1 is 0.917 bits per heavy atom. The highest BCUT2D eigenvalue weighted by atomic mass is 33.1. The summed E-state index contributed by atoms with van der Waals surface area (Å²) in [7, 11) is 3.39. The quantitative estimate of drug-likeness (QED) is 0.440. The fraction of sp³-hybridized carbons (Fsp3) is 0.571. The Balaban J connectivity index is 1.82. The molecule has 2 unspecified atom stereocenters. The molecule has 0 bridgehead atoms. The van der Waals surface area contributed by atoms with Gasteiger partial charge >= 0.3 is 0 Å². The molecule has 0 spiro atoms. The molecule has 0 aromatic carbocycles. The van der Waals surface area contributed by atoms with Gasteiger partial charge in [-0.15, -0.1) is 10.2 Å². The van der Waals surface area contributed by atoms with E-state index in [2.05, 4.69) is 34.5 Å². The van der Waals surface area contributed by atoms with Crippen LogP contribution in [0.25, 0.3) is 0 Å². The van der Waals surface area contributed by atoms with Crippen molar-refractivity contribution in [2.75, 3.05) is 0 Å². The number of rotatable bonds is 11. The molecule has 0 saturated heterocycles. The van der Waals surface area contributed by atoms with Crippen LogP contribution in [0.3, 0.4) is 0 Å². The highest BCUT2D eigenvalue weighted by molar-refractivity contribution is 8.76. The molecule has 0 aliphatic carbocycles. The average Bonchev–Trinajstić information content (AvgIpc) is 3.25. The van der Waals surface area contributed by atoms with Crippen LogP contribution < -0.4 is 0 Å². The monoisotopic (exact) mass is 368 g/mol. The molecular weight excluding hydrogens is 348 g/mol. The highest BCUT2D eigenvalue weighted by Crippen LogP contribution is 2.44. The topological polar surface area (TPSA) is 95.6 Å². The van der Waals surface area contributed by atoms with E-state index in [4.69, 9.17) is 0 Å². The van der Waals surface area contributed by atoms with E-state index in [0.717, 1.165) is 24.0 Å². The second-order valence-electron chi connectivity index (χ2n) is 5.20. The van der Waals surface area contributed by atoms with Gasteiger partial charge in [-0.3, -0.25) is 9.36 Å². The molecule has 24 heavy (non-hydrogen) atoms. The number of carbonyl (C=O) groups excluding carboxylic acids is 2. The van der Waals surface area contributed by atoms with Gasteiger partial charge in [0.2, 0.25) is 0 Å². The van der Waals surface area contributed by atoms with E-state index in [1.165, 1.54) is 0 Å². The summed E-state index contributed by atoms with van der Waals surface area (Å²) < 4.78 is 3.38. The Morgan fingerprint density at radius 3 is 1.71 bits per heavy atom. The molecule has 2 aromatic rings. The molecule has 2 aromatic heterocycles. The van der Waals surface area contributed by atoms with Gasteiger partial charge in [-0.05, 0) is 13.8 Å². The maximum Gasteiger partial charge on any atom is 0.121 e. The van der Waals surface area contributed by atoms with Crippen molar-refractivity contribution in [3.63, 3.8) is 0 Å². The fourth-order valence-electron chi connectivity index (χ4n) is 1.85. The van der Waals surface area contributed by atoms with Crippen molar-refractivity contribution >= 4 is 34.2 Å². The molecule has 2 atom stereocenters. The highest BCUT2D eigenvalue weighted by Gasteiger charge is 2.16. The van der Waals surface area contributed by atoms with Crippen LogP contribution in [0.5, 0.6) is 0 Å². The molecule has 0 saturated carbocycles. The number of aldehydes is 2. The van der Waals surface area contributed by atoms with Crippen LogP contribution in [-0.4, -0.2) is 42.6 Å². The lowest BCUT2D eigenvalue weighted by atomic mass is 10.4. The lowest BCUT2D eigenvalue weighted by molar-refractivity contribution is -0.108. The Bertz CT molecular complexity index is 603. The van der Waals surface area contributed by atoms with Gasteiger partial charge < -0.3 is 9.59 Å². The summed E-state index contributed by atoms with van der Waals surface area (Å²) in [6.07, 6.45) is 6.38. The first-order chi connectivity index (χ1) is 11.6. The largest absolute Gasteiger partial charge is 0.303 e. The summed E-state index contributed by atoms with van der Waals surface area (Å²) in [6, 6.07) is 0. The molecular formula is C14H20N6O2S2. The minimum atomic E-state index is 0.174. The number of hydrogen-bond donors (Lipinski definition) is 0. The molecule has 0 fully saturated rings.